The fraction of sp³-hybridized carbons (Fsp3) is 0.231. The van der Waals surface area contributed by atoms with Crippen LogP contribution in [0.2, 0.25) is 0 Å². The Hall–Kier alpha value is -0.840. The molecule has 4 heteroatoms. The summed E-state index contributed by atoms with van der Waals surface area (Å²) in [6, 6.07) is 10.1. The highest BCUT2D eigenvalue weighted by molar-refractivity contribution is 9.10. The van der Waals surface area contributed by atoms with E-state index in [0.29, 0.717) is 0 Å². The maximum Gasteiger partial charge on any atom is 0.123 e. The lowest BCUT2D eigenvalue weighted by atomic mass is 10.2. The second-order valence-corrected chi connectivity index (χ2v) is 5.46. The Balaban J connectivity index is 1.92. The molecule has 0 bridgehead atoms. The van der Waals surface area contributed by atoms with E-state index in [1.165, 1.54) is 14.9 Å². The van der Waals surface area contributed by atoms with Gasteiger partial charge in [-0.3, -0.25) is 0 Å². The molecule has 0 radical (unpaired) electrons. The van der Waals surface area contributed by atoms with Gasteiger partial charge in [0.05, 0.1) is 7.11 Å². The highest BCUT2D eigenvalue weighted by Crippen LogP contribution is 2.22. The zero-order valence-electron chi connectivity index (χ0n) is 9.57. The number of halogens is 1. The van der Waals surface area contributed by atoms with E-state index in [-0.39, 0.29) is 0 Å². The molecule has 2 aromatic rings. The topological polar surface area (TPSA) is 21.3 Å². The first-order valence-electron chi connectivity index (χ1n) is 5.35. The van der Waals surface area contributed by atoms with Crippen molar-refractivity contribution in [2.75, 3.05) is 7.11 Å². The lowest BCUT2D eigenvalue weighted by Crippen LogP contribution is -2.12. The summed E-state index contributed by atoms with van der Waals surface area (Å²) in [5, 5.41) is 5.51. The third-order valence-corrected chi connectivity index (χ3v) is 4.41. The van der Waals surface area contributed by atoms with Crippen molar-refractivity contribution < 1.29 is 4.74 Å². The van der Waals surface area contributed by atoms with Gasteiger partial charge >= 0.3 is 0 Å². The van der Waals surface area contributed by atoms with Gasteiger partial charge in [-0.25, -0.2) is 0 Å². The Morgan fingerprint density at radius 3 is 2.76 bits per heavy atom. The van der Waals surface area contributed by atoms with Crippen LogP contribution >= 0.6 is 27.3 Å². The van der Waals surface area contributed by atoms with E-state index < -0.39 is 0 Å². The van der Waals surface area contributed by atoms with E-state index in [4.69, 9.17) is 4.74 Å². The zero-order valence-corrected chi connectivity index (χ0v) is 12.0. The molecule has 1 aromatic carbocycles. The summed E-state index contributed by atoms with van der Waals surface area (Å²) in [5.41, 5.74) is 1.18. The summed E-state index contributed by atoms with van der Waals surface area (Å²) in [7, 11) is 1.70. The van der Waals surface area contributed by atoms with Crippen LogP contribution in [0.5, 0.6) is 5.75 Å². The van der Waals surface area contributed by atoms with Crippen molar-refractivity contribution in [1.82, 2.24) is 5.32 Å². The first kappa shape index (κ1) is 12.6. The van der Waals surface area contributed by atoms with Gasteiger partial charge in [0.1, 0.15) is 5.75 Å². The van der Waals surface area contributed by atoms with Crippen molar-refractivity contribution in [3.8, 4) is 5.75 Å². The van der Waals surface area contributed by atoms with Crippen LogP contribution in [0.15, 0.2) is 40.2 Å². The van der Waals surface area contributed by atoms with Gasteiger partial charge in [0.2, 0.25) is 0 Å². The number of hydrogen-bond acceptors (Lipinski definition) is 3. The Morgan fingerprint density at radius 1 is 1.24 bits per heavy atom. The van der Waals surface area contributed by atoms with Crippen molar-refractivity contribution >= 4 is 27.3 Å². The first-order chi connectivity index (χ1) is 8.31. The normalized spacial score (nSPS) is 10.5. The number of hydrogen-bond donors (Lipinski definition) is 1. The standard InChI is InChI=1S/C13H14BrNOS/c1-16-12-5-3-2-4-10(12)8-15-9-13-11(14)6-7-17-13/h2-7,15H,8-9H2,1H3. The van der Waals surface area contributed by atoms with E-state index in [0.717, 1.165) is 18.8 Å². The van der Waals surface area contributed by atoms with Crippen molar-refractivity contribution in [3.05, 3.63) is 50.6 Å². The number of nitrogens with one attached hydrogen (secondary N) is 1. The van der Waals surface area contributed by atoms with Crippen molar-refractivity contribution in [2.24, 2.45) is 0 Å². The van der Waals surface area contributed by atoms with Gasteiger partial charge in [-0.05, 0) is 33.4 Å². The Morgan fingerprint density at radius 2 is 2.06 bits per heavy atom. The molecule has 0 aliphatic heterocycles. The molecular weight excluding hydrogens is 298 g/mol. The molecule has 1 N–H and O–H groups in total. The number of thiophene rings is 1. The van der Waals surface area contributed by atoms with Crippen molar-refractivity contribution in [2.45, 2.75) is 13.1 Å². The largest absolute Gasteiger partial charge is 0.496 e. The third-order valence-electron chi connectivity index (χ3n) is 2.48. The summed E-state index contributed by atoms with van der Waals surface area (Å²) in [5.74, 6) is 0.935. The lowest BCUT2D eigenvalue weighted by molar-refractivity contribution is 0.407. The summed E-state index contributed by atoms with van der Waals surface area (Å²) in [4.78, 5) is 1.32. The minimum atomic E-state index is 0.814. The summed E-state index contributed by atoms with van der Waals surface area (Å²) in [6.07, 6.45) is 0. The molecule has 0 atom stereocenters. The molecule has 17 heavy (non-hydrogen) atoms. The SMILES string of the molecule is COc1ccccc1CNCc1sccc1Br. The smallest absolute Gasteiger partial charge is 0.123 e. The average molecular weight is 312 g/mol. The molecule has 1 heterocycles. The second-order valence-electron chi connectivity index (χ2n) is 3.61. The molecule has 0 fully saturated rings. The van der Waals surface area contributed by atoms with Crippen molar-refractivity contribution in [1.29, 1.82) is 0 Å². The number of benzene rings is 1. The fourth-order valence-electron chi connectivity index (χ4n) is 1.61. The maximum atomic E-state index is 5.31. The molecule has 2 nitrogen and oxygen atoms in total. The molecule has 0 aliphatic rings. The van der Waals surface area contributed by atoms with E-state index in [9.17, 15) is 0 Å². The molecule has 0 saturated heterocycles. The highest BCUT2D eigenvalue weighted by Gasteiger charge is 2.03. The number of para-hydroxylation sites is 1. The van der Waals surface area contributed by atoms with Crippen LogP contribution in [-0.2, 0) is 13.1 Å². The van der Waals surface area contributed by atoms with Crippen LogP contribution in [0, 0.1) is 0 Å². The van der Waals surface area contributed by atoms with Crippen LogP contribution in [0.4, 0.5) is 0 Å². The highest BCUT2D eigenvalue weighted by atomic mass is 79.9. The van der Waals surface area contributed by atoms with Crippen molar-refractivity contribution in [3.63, 3.8) is 0 Å². The van der Waals surface area contributed by atoms with Gasteiger partial charge in [0, 0.05) is 28.0 Å². The van der Waals surface area contributed by atoms with Crippen LogP contribution in [0.1, 0.15) is 10.4 Å². The van der Waals surface area contributed by atoms with Crippen LogP contribution in [-0.4, -0.2) is 7.11 Å². The van der Waals surface area contributed by atoms with E-state index in [1.807, 2.05) is 18.2 Å². The van der Waals surface area contributed by atoms with E-state index >= 15 is 0 Å². The summed E-state index contributed by atoms with van der Waals surface area (Å²) in [6.45, 7) is 1.69. The summed E-state index contributed by atoms with van der Waals surface area (Å²) >= 11 is 5.28. The minimum Gasteiger partial charge on any atom is -0.496 e. The first-order valence-corrected chi connectivity index (χ1v) is 7.03. The maximum absolute atomic E-state index is 5.31. The number of ether oxygens (including phenoxy) is 1. The monoisotopic (exact) mass is 311 g/mol. The minimum absolute atomic E-state index is 0.814. The van der Waals surface area contributed by atoms with Crippen LogP contribution < -0.4 is 10.1 Å². The fourth-order valence-corrected chi connectivity index (χ4v) is 3.07. The van der Waals surface area contributed by atoms with E-state index in [1.54, 1.807) is 18.4 Å². The van der Waals surface area contributed by atoms with Gasteiger partial charge in [-0.15, -0.1) is 11.3 Å². The average Bonchev–Trinajstić information content (AvgIpc) is 2.76. The van der Waals surface area contributed by atoms with Crippen LogP contribution in [0.25, 0.3) is 0 Å². The molecule has 0 unspecified atom stereocenters. The molecular formula is C13H14BrNOS. The molecule has 90 valence electrons. The van der Waals surface area contributed by atoms with Gasteiger partial charge < -0.3 is 10.1 Å². The third kappa shape index (κ3) is 3.31. The molecule has 0 aliphatic carbocycles. The lowest BCUT2D eigenvalue weighted by Gasteiger charge is -2.08. The quantitative estimate of drug-likeness (QED) is 0.906. The molecule has 0 amide bonds. The Labute approximate surface area is 114 Å². The van der Waals surface area contributed by atoms with E-state index in [2.05, 4.69) is 38.8 Å². The number of methoxy groups -OCH3 is 1. The predicted octanol–water partition coefficient (Wildman–Crippen LogP) is 3.81. The van der Waals surface area contributed by atoms with Gasteiger partial charge in [0.25, 0.3) is 0 Å². The van der Waals surface area contributed by atoms with Gasteiger partial charge in [0.15, 0.2) is 0 Å². The molecule has 2 rings (SSSR count). The Kier molecular flexibility index (Phi) is 4.59. The number of rotatable bonds is 5. The van der Waals surface area contributed by atoms with Crippen LogP contribution in [0.3, 0.4) is 0 Å². The zero-order chi connectivity index (χ0) is 12.1. The van der Waals surface area contributed by atoms with Gasteiger partial charge in [-0.1, -0.05) is 18.2 Å². The molecule has 1 aromatic heterocycles. The Bertz CT molecular complexity index is 484. The predicted molar refractivity (Wildman–Crippen MR) is 75.6 cm³/mol. The molecule has 0 spiro atoms. The van der Waals surface area contributed by atoms with Gasteiger partial charge in [-0.2, -0.15) is 0 Å². The second kappa shape index (κ2) is 6.19. The molecule has 0 saturated carbocycles. The summed E-state index contributed by atoms with van der Waals surface area (Å²) < 4.78 is 6.49.